The summed E-state index contributed by atoms with van der Waals surface area (Å²) in [6.45, 7) is 5.15. The number of ether oxygens (including phenoxy) is 1. The number of methoxy groups -OCH3 is 1. The lowest BCUT2D eigenvalue weighted by Gasteiger charge is -2.37. The highest BCUT2D eigenvalue weighted by molar-refractivity contribution is 5.58. The molecule has 0 atom stereocenters. The van der Waals surface area contributed by atoms with Crippen molar-refractivity contribution >= 4 is 11.3 Å². The lowest BCUT2D eigenvalue weighted by atomic mass is 9.80. The van der Waals surface area contributed by atoms with E-state index in [1.807, 2.05) is 12.1 Å². The molecule has 5 heteroatoms. The van der Waals surface area contributed by atoms with Crippen LogP contribution in [0.15, 0.2) is 47.5 Å². The molecule has 5 rings (SSSR count). The molecule has 31 heavy (non-hydrogen) atoms. The number of anilines is 1. The van der Waals surface area contributed by atoms with Gasteiger partial charge in [-0.25, -0.2) is 4.39 Å². The molecule has 0 unspecified atom stereocenters. The van der Waals surface area contributed by atoms with E-state index in [0.29, 0.717) is 12.0 Å². The number of fused-ring (bicyclic) bond motifs is 1. The van der Waals surface area contributed by atoms with E-state index in [1.165, 1.54) is 56.0 Å². The molecular weight excluding hydrogens is 389 g/mol. The zero-order valence-corrected chi connectivity index (χ0v) is 18.4. The maximum atomic E-state index is 13.8. The standard InChI is InChI=1S/C26H32FN3O/c1-31-26-6-3-2-5-25(26)30-14-4-13-29(15-16-30)21-10-7-19(8-11-21)23-18-28-24-12-9-20(27)17-22(23)24/h2-3,5-6,9,12,17,19,21H,4,7-8,10-11,13-16,18H2,1H3. The third-order valence-corrected chi connectivity index (χ3v) is 7.39. The Morgan fingerprint density at radius 3 is 2.65 bits per heavy atom. The smallest absolute Gasteiger partial charge is 0.142 e. The predicted molar refractivity (Wildman–Crippen MR) is 123 cm³/mol. The normalized spacial score (nSPS) is 24.5. The lowest BCUT2D eigenvalue weighted by molar-refractivity contribution is 0.155. The maximum Gasteiger partial charge on any atom is 0.142 e. The monoisotopic (exact) mass is 421 g/mol. The first-order chi connectivity index (χ1) is 15.2. The van der Waals surface area contributed by atoms with Crippen LogP contribution < -0.4 is 20.2 Å². The van der Waals surface area contributed by atoms with E-state index in [9.17, 15) is 4.39 Å². The van der Waals surface area contributed by atoms with Crippen molar-refractivity contribution in [2.24, 2.45) is 10.9 Å². The van der Waals surface area contributed by atoms with Crippen molar-refractivity contribution < 1.29 is 9.13 Å². The van der Waals surface area contributed by atoms with Gasteiger partial charge in [-0.2, -0.15) is 0 Å². The molecule has 0 aromatic heterocycles. The predicted octanol–water partition coefficient (Wildman–Crippen LogP) is 3.39. The molecule has 0 N–H and O–H groups in total. The molecule has 2 fully saturated rings. The van der Waals surface area contributed by atoms with Crippen molar-refractivity contribution in [2.75, 3.05) is 44.7 Å². The number of rotatable bonds is 4. The Labute approximate surface area is 184 Å². The number of benzene rings is 2. The zero-order valence-electron chi connectivity index (χ0n) is 18.4. The molecule has 3 aliphatic rings. The molecule has 4 nitrogen and oxygen atoms in total. The number of hydrogen-bond acceptors (Lipinski definition) is 4. The fraction of sp³-hybridized carbons (Fsp3) is 0.500. The van der Waals surface area contributed by atoms with Crippen molar-refractivity contribution in [1.82, 2.24) is 4.90 Å². The van der Waals surface area contributed by atoms with Crippen LogP contribution in [0.4, 0.5) is 10.1 Å². The number of para-hydroxylation sites is 2. The van der Waals surface area contributed by atoms with Gasteiger partial charge >= 0.3 is 0 Å². The summed E-state index contributed by atoms with van der Waals surface area (Å²) in [5, 5.41) is 2.04. The Hall–Kier alpha value is -2.40. The minimum Gasteiger partial charge on any atom is -0.495 e. The van der Waals surface area contributed by atoms with Gasteiger partial charge in [0.2, 0.25) is 0 Å². The quantitative estimate of drug-likeness (QED) is 0.758. The molecule has 0 radical (unpaired) electrons. The summed E-state index contributed by atoms with van der Waals surface area (Å²) < 4.78 is 19.4. The molecule has 2 aliphatic heterocycles. The van der Waals surface area contributed by atoms with Gasteiger partial charge in [-0.3, -0.25) is 9.89 Å². The third-order valence-electron chi connectivity index (χ3n) is 7.39. The summed E-state index contributed by atoms with van der Waals surface area (Å²) in [5.74, 6) is 1.37. The summed E-state index contributed by atoms with van der Waals surface area (Å²) in [6, 6.07) is 14.1. The first-order valence-corrected chi connectivity index (χ1v) is 11.7. The number of halogens is 1. The van der Waals surface area contributed by atoms with Crippen molar-refractivity contribution in [1.29, 1.82) is 0 Å². The molecule has 1 saturated carbocycles. The van der Waals surface area contributed by atoms with Crippen LogP contribution in [-0.4, -0.2) is 50.8 Å². The molecule has 1 saturated heterocycles. The van der Waals surface area contributed by atoms with Gasteiger partial charge in [0.15, 0.2) is 0 Å². The van der Waals surface area contributed by atoms with Crippen molar-refractivity contribution in [3.8, 4) is 5.75 Å². The second kappa shape index (κ2) is 8.99. The molecule has 1 aliphatic carbocycles. The Kier molecular flexibility index (Phi) is 5.95. The van der Waals surface area contributed by atoms with Crippen LogP contribution >= 0.6 is 0 Å². The summed E-state index contributed by atoms with van der Waals surface area (Å²) in [5.41, 5.74) is 2.58. The van der Waals surface area contributed by atoms with Gasteiger partial charge in [0, 0.05) is 37.4 Å². The van der Waals surface area contributed by atoms with E-state index >= 15 is 0 Å². The average Bonchev–Trinajstić information content (AvgIpc) is 3.06. The first kappa shape index (κ1) is 20.5. The van der Waals surface area contributed by atoms with E-state index < -0.39 is 0 Å². The van der Waals surface area contributed by atoms with Gasteiger partial charge in [0.25, 0.3) is 0 Å². The maximum absolute atomic E-state index is 13.8. The highest BCUT2D eigenvalue weighted by Crippen LogP contribution is 2.34. The molecule has 2 heterocycles. The van der Waals surface area contributed by atoms with E-state index in [-0.39, 0.29) is 5.82 Å². The molecule has 2 aromatic carbocycles. The molecule has 2 aromatic rings. The second-order valence-electron chi connectivity index (χ2n) is 9.06. The minimum atomic E-state index is -0.147. The van der Waals surface area contributed by atoms with Gasteiger partial charge in [0.1, 0.15) is 11.6 Å². The largest absolute Gasteiger partial charge is 0.495 e. The molecule has 0 bridgehead atoms. The van der Waals surface area contributed by atoms with Crippen LogP contribution in [0.3, 0.4) is 0 Å². The molecule has 0 spiro atoms. The zero-order chi connectivity index (χ0) is 21.2. The Morgan fingerprint density at radius 2 is 1.81 bits per heavy atom. The minimum absolute atomic E-state index is 0.147. The summed E-state index contributed by atoms with van der Waals surface area (Å²) >= 11 is 0. The number of hydrogen-bond donors (Lipinski definition) is 0. The summed E-state index contributed by atoms with van der Waals surface area (Å²) in [4.78, 5) is 9.83. The van der Waals surface area contributed by atoms with Gasteiger partial charge in [0.05, 0.1) is 24.7 Å². The van der Waals surface area contributed by atoms with Crippen LogP contribution in [0.1, 0.15) is 32.1 Å². The van der Waals surface area contributed by atoms with Crippen molar-refractivity contribution in [2.45, 2.75) is 38.1 Å². The van der Waals surface area contributed by atoms with Crippen LogP contribution in [-0.2, 0) is 0 Å². The topological polar surface area (TPSA) is 28.1 Å². The van der Waals surface area contributed by atoms with E-state index in [2.05, 4.69) is 33.0 Å². The van der Waals surface area contributed by atoms with Crippen LogP contribution in [0, 0.1) is 11.7 Å². The highest BCUT2D eigenvalue weighted by atomic mass is 19.1. The van der Waals surface area contributed by atoms with Gasteiger partial charge in [-0.1, -0.05) is 12.1 Å². The second-order valence-corrected chi connectivity index (χ2v) is 9.06. The van der Waals surface area contributed by atoms with E-state index in [4.69, 9.17) is 4.74 Å². The van der Waals surface area contributed by atoms with Gasteiger partial charge < -0.3 is 9.64 Å². The van der Waals surface area contributed by atoms with Gasteiger partial charge in [-0.15, -0.1) is 0 Å². The Balaban J connectivity index is 1.22. The van der Waals surface area contributed by atoms with Crippen LogP contribution in [0.2, 0.25) is 0 Å². The van der Waals surface area contributed by atoms with E-state index in [1.54, 1.807) is 13.2 Å². The summed E-state index contributed by atoms with van der Waals surface area (Å²) in [6.07, 6.45) is 6.03. The van der Waals surface area contributed by atoms with Crippen LogP contribution in [0.5, 0.6) is 5.75 Å². The fourth-order valence-electron chi connectivity index (χ4n) is 5.73. The molecular formula is C26H32FN3O. The average molecular weight is 422 g/mol. The molecule has 164 valence electrons. The summed E-state index contributed by atoms with van der Waals surface area (Å²) in [7, 11) is 1.75. The SMILES string of the molecule is COc1ccccc1N1CCCN(C2CCC(C3=c4cc(F)ccc4=NC3)CC2)CC1. The highest BCUT2D eigenvalue weighted by Gasteiger charge is 2.30. The van der Waals surface area contributed by atoms with Gasteiger partial charge in [-0.05, 0) is 73.9 Å². The number of nitrogens with zero attached hydrogens (tertiary/aromatic N) is 3. The van der Waals surface area contributed by atoms with E-state index in [0.717, 1.165) is 42.5 Å². The van der Waals surface area contributed by atoms with Crippen molar-refractivity contribution in [3.63, 3.8) is 0 Å². The third kappa shape index (κ3) is 4.20. The van der Waals surface area contributed by atoms with Crippen LogP contribution in [0.25, 0.3) is 5.57 Å². The molecule has 0 amide bonds. The fourth-order valence-corrected chi connectivity index (χ4v) is 5.73. The van der Waals surface area contributed by atoms with Crippen molar-refractivity contribution in [3.05, 3.63) is 58.9 Å². The first-order valence-electron chi connectivity index (χ1n) is 11.7. The Morgan fingerprint density at radius 1 is 0.968 bits per heavy atom. The lowest BCUT2D eigenvalue weighted by Crippen LogP contribution is -2.41. The Bertz CT molecular complexity index is 1040.